The average Bonchev–Trinajstić information content (AvgIpc) is 3.21. The Labute approximate surface area is 451 Å². The van der Waals surface area contributed by atoms with E-state index in [-0.39, 0.29) is 12.6 Å². The van der Waals surface area contributed by atoms with Crippen molar-refractivity contribution in [1.82, 2.24) is 0 Å². The minimum absolute atomic E-state index is 0.162. The number of rotatable bonds is 48. The van der Waals surface area contributed by atoms with Crippen molar-refractivity contribution < 1.29 is 14.2 Å². The largest absolute Gasteiger partial charge is 0.353 e. The van der Waals surface area contributed by atoms with Crippen molar-refractivity contribution >= 4 is 45.2 Å². The zero-order valence-electron chi connectivity index (χ0n) is 48.4. The third-order valence-corrected chi connectivity index (χ3v) is 17.0. The molecule has 0 aromatic rings. The van der Waals surface area contributed by atoms with Crippen LogP contribution in [0.3, 0.4) is 0 Å². The molecule has 0 aromatic heterocycles. The van der Waals surface area contributed by atoms with E-state index in [0.29, 0.717) is 0 Å². The fourth-order valence-electron chi connectivity index (χ4n) is 13.1. The standard InChI is InChI=1S/C62H124I2O3/c1-17-19-33-65-61(29-21-25-47(3)35-51(7)39-55(11)43-59(15)45-57(13)41-53(9)37-49(5)27-23-31-63)67-62(66-34-20-18-2)30-22-26-48(4)36-52(8)40-56(12)44-60(16)46-58(14)42-54(10)38-50(6)28-24-32-64/h47-62H,17-46H2,1-16H3. The van der Waals surface area contributed by atoms with Crippen molar-refractivity contribution in [2.75, 3.05) is 22.1 Å². The first-order chi connectivity index (χ1) is 31.8. The minimum atomic E-state index is -0.162. The third-order valence-electron chi connectivity index (χ3n) is 15.5. The lowest BCUT2D eigenvalue weighted by Crippen LogP contribution is -2.28. The second-order valence-electron chi connectivity index (χ2n) is 25.3. The smallest absolute Gasteiger partial charge is 0.160 e. The highest BCUT2D eigenvalue weighted by molar-refractivity contribution is 14.1. The Bertz CT molecular complexity index is 978. The minimum Gasteiger partial charge on any atom is -0.353 e. The van der Waals surface area contributed by atoms with Crippen LogP contribution in [0.4, 0.5) is 0 Å². The molecule has 0 saturated carbocycles. The molecule has 5 heteroatoms. The zero-order chi connectivity index (χ0) is 50.6. The van der Waals surface area contributed by atoms with Crippen LogP contribution in [-0.4, -0.2) is 34.6 Å². The summed E-state index contributed by atoms with van der Waals surface area (Å²) in [4.78, 5) is 0. The molecule has 16 unspecified atom stereocenters. The van der Waals surface area contributed by atoms with Gasteiger partial charge in [0.1, 0.15) is 0 Å². The van der Waals surface area contributed by atoms with Crippen molar-refractivity contribution in [2.24, 2.45) is 82.9 Å². The molecule has 0 N–H and O–H groups in total. The molecule has 67 heavy (non-hydrogen) atoms. The Kier molecular flexibility index (Phi) is 44.6. The van der Waals surface area contributed by atoms with E-state index >= 15 is 0 Å². The van der Waals surface area contributed by atoms with Crippen molar-refractivity contribution in [3.63, 3.8) is 0 Å². The molecule has 3 nitrogen and oxygen atoms in total. The third kappa shape index (κ3) is 41.4. The van der Waals surface area contributed by atoms with Crippen LogP contribution in [0, 0.1) is 82.9 Å². The fraction of sp³-hybridized carbons (Fsp3) is 1.00. The van der Waals surface area contributed by atoms with Gasteiger partial charge >= 0.3 is 0 Å². The van der Waals surface area contributed by atoms with E-state index in [1.807, 2.05) is 0 Å². The van der Waals surface area contributed by atoms with Gasteiger partial charge in [-0.1, -0.05) is 182 Å². The van der Waals surface area contributed by atoms with E-state index in [0.717, 1.165) is 147 Å². The van der Waals surface area contributed by atoms with Crippen LogP contribution in [0.25, 0.3) is 0 Å². The summed E-state index contributed by atoms with van der Waals surface area (Å²) in [5.41, 5.74) is 0. The van der Waals surface area contributed by atoms with Crippen LogP contribution in [-0.2, 0) is 14.2 Å². The zero-order valence-corrected chi connectivity index (χ0v) is 52.7. The molecule has 0 aliphatic carbocycles. The number of ether oxygens (including phenoxy) is 3. The van der Waals surface area contributed by atoms with E-state index < -0.39 is 0 Å². The molecule has 0 aromatic carbocycles. The van der Waals surface area contributed by atoms with Crippen LogP contribution in [0.15, 0.2) is 0 Å². The van der Waals surface area contributed by atoms with Crippen molar-refractivity contribution in [3.05, 3.63) is 0 Å². The first-order valence-electron chi connectivity index (χ1n) is 29.8. The molecule has 0 aliphatic heterocycles. The normalized spacial score (nSPS) is 19.6. The van der Waals surface area contributed by atoms with Gasteiger partial charge in [0.05, 0.1) is 0 Å². The lowest BCUT2D eigenvalue weighted by Gasteiger charge is -2.27. The molecule has 0 heterocycles. The predicted octanol–water partition coefficient (Wildman–Crippen LogP) is 21.6. The molecule has 404 valence electrons. The number of halogens is 2. The maximum absolute atomic E-state index is 6.76. The van der Waals surface area contributed by atoms with Gasteiger partial charge in [-0.25, -0.2) is 0 Å². The van der Waals surface area contributed by atoms with Crippen molar-refractivity contribution in [2.45, 2.75) is 290 Å². The lowest BCUT2D eigenvalue weighted by molar-refractivity contribution is -0.250. The van der Waals surface area contributed by atoms with Gasteiger partial charge < -0.3 is 14.2 Å². The van der Waals surface area contributed by atoms with Crippen LogP contribution in [0.5, 0.6) is 0 Å². The van der Waals surface area contributed by atoms with E-state index in [2.05, 4.69) is 156 Å². The summed E-state index contributed by atoms with van der Waals surface area (Å²) < 4.78 is 22.3. The second kappa shape index (κ2) is 43.7. The molecule has 0 fully saturated rings. The van der Waals surface area contributed by atoms with Crippen LogP contribution in [0.1, 0.15) is 278 Å². The van der Waals surface area contributed by atoms with Crippen LogP contribution in [0.2, 0.25) is 0 Å². The molecule has 16 atom stereocenters. The highest BCUT2D eigenvalue weighted by Gasteiger charge is 2.23. The molecule has 0 bridgehead atoms. The Morgan fingerprint density at radius 1 is 0.269 bits per heavy atom. The van der Waals surface area contributed by atoms with Gasteiger partial charge in [0, 0.05) is 13.2 Å². The van der Waals surface area contributed by atoms with Gasteiger partial charge in [0.2, 0.25) is 0 Å². The first kappa shape index (κ1) is 68.3. The Hall–Kier alpha value is 1.34. The Balaban J connectivity index is 4.88. The van der Waals surface area contributed by atoms with Crippen LogP contribution < -0.4 is 0 Å². The van der Waals surface area contributed by atoms with E-state index in [9.17, 15) is 0 Å². The Morgan fingerprint density at radius 2 is 0.478 bits per heavy atom. The molecule has 0 amide bonds. The maximum atomic E-state index is 6.76. The average molecular weight is 1170 g/mol. The Morgan fingerprint density at radius 3 is 0.687 bits per heavy atom. The van der Waals surface area contributed by atoms with E-state index in [1.165, 1.54) is 124 Å². The molecule has 0 saturated heterocycles. The van der Waals surface area contributed by atoms with Gasteiger partial charge in [0.25, 0.3) is 0 Å². The van der Waals surface area contributed by atoms with Gasteiger partial charge in [-0.3, -0.25) is 0 Å². The SMILES string of the molecule is CCCCOC(CCCC(C)CC(C)CC(C)CC(C)CC(C)CC(C)CC(C)CCCI)OC(CCCC(C)CC(C)CC(C)CC(C)CC(C)CC(C)CC(C)CCCI)OCCCC. The number of hydrogen-bond donors (Lipinski definition) is 0. The van der Waals surface area contributed by atoms with Crippen molar-refractivity contribution in [3.8, 4) is 0 Å². The molecule has 0 aliphatic rings. The second-order valence-corrected chi connectivity index (χ2v) is 27.4. The van der Waals surface area contributed by atoms with E-state index in [4.69, 9.17) is 14.2 Å². The topological polar surface area (TPSA) is 27.7 Å². The molecule has 0 rings (SSSR count). The summed E-state index contributed by atoms with van der Waals surface area (Å²) >= 11 is 5.06. The van der Waals surface area contributed by atoms with Crippen LogP contribution >= 0.6 is 45.2 Å². The van der Waals surface area contributed by atoms with Gasteiger partial charge in [0.15, 0.2) is 12.6 Å². The first-order valence-corrected chi connectivity index (χ1v) is 32.9. The monoisotopic (exact) mass is 1170 g/mol. The quantitative estimate of drug-likeness (QED) is 0.0263. The summed E-state index contributed by atoms with van der Waals surface area (Å²) in [5.74, 6) is 11.5. The number of alkyl halides is 2. The van der Waals surface area contributed by atoms with E-state index in [1.54, 1.807) is 0 Å². The predicted molar refractivity (Wildman–Crippen MR) is 318 cm³/mol. The maximum Gasteiger partial charge on any atom is 0.160 e. The molecule has 0 spiro atoms. The summed E-state index contributed by atoms with van der Waals surface area (Å²) in [6.45, 7) is 41.2. The molecular formula is C62H124I2O3. The van der Waals surface area contributed by atoms with Gasteiger partial charge in [-0.2, -0.15) is 0 Å². The van der Waals surface area contributed by atoms with Gasteiger partial charge in [-0.15, -0.1) is 0 Å². The summed E-state index contributed by atoms with van der Waals surface area (Å²) in [5, 5.41) is 0. The lowest BCUT2D eigenvalue weighted by atomic mass is 9.80. The summed E-state index contributed by atoms with van der Waals surface area (Å²) in [6.07, 6.45) is 33.1. The fourth-order valence-corrected chi connectivity index (χ4v) is 13.9. The number of hydrogen-bond acceptors (Lipinski definition) is 3. The number of unbranched alkanes of at least 4 members (excludes halogenated alkanes) is 2. The highest BCUT2D eigenvalue weighted by Crippen LogP contribution is 2.33. The highest BCUT2D eigenvalue weighted by atomic mass is 127. The summed E-state index contributed by atoms with van der Waals surface area (Å²) in [7, 11) is 0. The molecular weight excluding hydrogens is 1050 g/mol. The molecule has 0 radical (unpaired) electrons. The van der Waals surface area contributed by atoms with Crippen molar-refractivity contribution in [1.29, 1.82) is 0 Å². The van der Waals surface area contributed by atoms with Gasteiger partial charge in [-0.05, 0) is 233 Å². The summed E-state index contributed by atoms with van der Waals surface area (Å²) in [6, 6.07) is 0.